The molecular weight excluding hydrogens is 376 g/mol. The van der Waals surface area contributed by atoms with E-state index >= 15 is 0 Å². The standard InChI is InChI=1S/C20H20N4OS2/c1-14-11-15(2)19-17(12-14)27-20(22-19)24(9-8-23-7-4-6-21-23)18(25)13-16-5-3-10-26-16/h3-7,10-12H,8-9,13H2,1-2H3. The number of benzene rings is 1. The Morgan fingerprint density at radius 1 is 1.26 bits per heavy atom. The summed E-state index contributed by atoms with van der Waals surface area (Å²) in [5, 5.41) is 7.01. The van der Waals surface area contributed by atoms with Gasteiger partial charge >= 0.3 is 0 Å². The third-order valence-corrected chi connectivity index (χ3v) is 6.27. The summed E-state index contributed by atoms with van der Waals surface area (Å²) in [5.74, 6) is 0.0676. The lowest BCUT2D eigenvalue weighted by atomic mass is 10.1. The Balaban J connectivity index is 1.65. The fourth-order valence-electron chi connectivity index (χ4n) is 3.09. The molecule has 4 aromatic rings. The van der Waals surface area contributed by atoms with Crippen molar-refractivity contribution in [3.8, 4) is 0 Å². The van der Waals surface area contributed by atoms with Gasteiger partial charge in [-0.05, 0) is 48.6 Å². The van der Waals surface area contributed by atoms with E-state index in [1.54, 1.807) is 33.8 Å². The smallest absolute Gasteiger partial charge is 0.234 e. The molecule has 3 aromatic heterocycles. The zero-order valence-electron chi connectivity index (χ0n) is 15.3. The van der Waals surface area contributed by atoms with Gasteiger partial charge in [0.25, 0.3) is 0 Å². The summed E-state index contributed by atoms with van der Waals surface area (Å²) in [4.78, 5) is 20.7. The quantitative estimate of drug-likeness (QED) is 0.484. The van der Waals surface area contributed by atoms with Crippen LogP contribution in [0.5, 0.6) is 0 Å². The van der Waals surface area contributed by atoms with E-state index in [-0.39, 0.29) is 5.91 Å². The van der Waals surface area contributed by atoms with Crippen molar-refractivity contribution in [2.24, 2.45) is 0 Å². The molecule has 0 bridgehead atoms. The minimum absolute atomic E-state index is 0.0676. The van der Waals surface area contributed by atoms with Crippen LogP contribution in [-0.2, 0) is 17.8 Å². The first-order chi connectivity index (χ1) is 13.1. The van der Waals surface area contributed by atoms with Crippen molar-refractivity contribution >= 4 is 43.9 Å². The fraction of sp³-hybridized carbons (Fsp3) is 0.250. The van der Waals surface area contributed by atoms with Gasteiger partial charge in [0.15, 0.2) is 5.13 Å². The number of amides is 1. The molecule has 0 saturated carbocycles. The zero-order valence-corrected chi connectivity index (χ0v) is 16.9. The number of nitrogens with zero attached hydrogens (tertiary/aromatic N) is 4. The van der Waals surface area contributed by atoms with Crippen molar-refractivity contribution in [3.05, 3.63) is 64.1 Å². The maximum atomic E-state index is 13.1. The number of hydrogen-bond donors (Lipinski definition) is 0. The van der Waals surface area contributed by atoms with Crippen molar-refractivity contribution in [1.29, 1.82) is 0 Å². The van der Waals surface area contributed by atoms with Crippen LogP contribution in [0.25, 0.3) is 10.2 Å². The zero-order chi connectivity index (χ0) is 18.8. The molecule has 3 heterocycles. The largest absolute Gasteiger partial charge is 0.286 e. The summed E-state index contributed by atoms with van der Waals surface area (Å²) in [5.41, 5.74) is 3.34. The number of aromatic nitrogens is 3. The van der Waals surface area contributed by atoms with Crippen molar-refractivity contribution in [3.63, 3.8) is 0 Å². The summed E-state index contributed by atoms with van der Waals surface area (Å²) in [7, 11) is 0. The number of thiophene rings is 1. The monoisotopic (exact) mass is 396 g/mol. The van der Waals surface area contributed by atoms with Crippen LogP contribution in [0.2, 0.25) is 0 Å². The lowest BCUT2D eigenvalue weighted by Gasteiger charge is -2.19. The van der Waals surface area contributed by atoms with Crippen LogP contribution in [0, 0.1) is 13.8 Å². The average Bonchev–Trinajstić information content (AvgIpc) is 3.36. The number of hydrogen-bond acceptors (Lipinski definition) is 5. The minimum Gasteiger partial charge on any atom is -0.286 e. The molecule has 0 unspecified atom stereocenters. The molecule has 4 rings (SSSR count). The number of thiazole rings is 1. The Morgan fingerprint density at radius 3 is 2.89 bits per heavy atom. The van der Waals surface area contributed by atoms with Crippen molar-refractivity contribution in [2.45, 2.75) is 26.8 Å². The summed E-state index contributed by atoms with van der Waals surface area (Å²) in [6.45, 7) is 5.34. The highest BCUT2D eigenvalue weighted by Crippen LogP contribution is 2.32. The molecule has 0 fully saturated rings. The van der Waals surface area contributed by atoms with Crippen LogP contribution in [0.3, 0.4) is 0 Å². The van der Waals surface area contributed by atoms with Gasteiger partial charge in [0.2, 0.25) is 5.91 Å². The number of anilines is 1. The van der Waals surface area contributed by atoms with Gasteiger partial charge in [-0.15, -0.1) is 11.3 Å². The SMILES string of the molecule is Cc1cc(C)c2nc(N(CCn3cccn3)C(=O)Cc3cccs3)sc2c1. The number of carbonyl (C=O) groups excluding carboxylic acids is 1. The third-order valence-electron chi connectivity index (χ3n) is 4.37. The molecular formula is C20H20N4OS2. The maximum Gasteiger partial charge on any atom is 0.234 e. The van der Waals surface area contributed by atoms with E-state index in [4.69, 9.17) is 4.98 Å². The van der Waals surface area contributed by atoms with E-state index in [2.05, 4.69) is 31.1 Å². The van der Waals surface area contributed by atoms with E-state index in [1.807, 2.05) is 34.5 Å². The maximum absolute atomic E-state index is 13.1. The van der Waals surface area contributed by atoms with Gasteiger partial charge in [0, 0.05) is 23.8 Å². The number of carbonyl (C=O) groups is 1. The Labute approximate surface area is 165 Å². The predicted molar refractivity (Wildman–Crippen MR) is 112 cm³/mol. The van der Waals surface area contributed by atoms with Gasteiger partial charge < -0.3 is 0 Å². The van der Waals surface area contributed by atoms with Gasteiger partial charge in [-0.25, -0.2) is 4.98 Å². The summed E-state index contributed by atoms with van der Waals surface area (Å²) >= 11 is 3.19. The lowest BCUT2D eigenvalue weighted by Crippen LogP contribution is -2.35. The van der Waals surface area contributed by atoms with Gasteiger partial charge in [0.05, 0.1) is 23.2 Å². The number of rotatable bonds is 6. The highest BCUT2D eigenvalue weighted by molar-refractivity contribution is 7.22. The second-order valence-corrected chi connectivity index (χ2v) is 8.54. The van der Waals surface area contributed by atoms with Gasteiger partial charge in [-0.3, -0.25) is 14.4 Å². The fourth-order valence-corrected chi connectivity index (χ4v) is 4.98. The Hall–Kier alpha value is -2.51. The van der Waals surface area contributed by atoms with Crippen LogP contribution in [-0.4, -0.2) is 27.2 Å². The summed E-state index contributed by atoms with van der Waals surface area (Å²) < 4.78 is 2.96. The molecule has 0 aliphatic rings. The molecule has 1 amide bonds. The van der Waals surface area contributed by atoms with Crippen LogP contribution in [0.4, 0.5) is 5.13 Å². The highest BCUT2D eigenvalue weighted by Gasteiger charge is 2.21. The minimum atomic E-state index is 0.0676. The van der Waals surface area contributed by atoms with E-state index in [1.165, 1.54) is 5.56 Å². The molecule has 0 radical (unpaired) electrons. The van der Waals surface area contributed by atoms with Crippen molar-refractivity contribution < 1.29 is 4.79 Å². The van der Waals surface area contributed by atoms with Gasteiger partial charge in [-0.2, -0.15) is 5.10 Å². The van der Waals surface area contributed by atoms with Crippen LogP contribution in [0.15, 0.2) is 48.1 Å². The Kier molecular flexibility index (Phi) is 5.05. The second-order valence-electron chi connectivity index (χ2n) is 6.50. The van der Waals surface area contributed by atoms with E-state index in [0.29, 0.717) is 19.5 Å². The molecule has 0 atom stereocenters. The molecule has 138 valence electrons. The normalized spacial score (nSPS) is 11.2. The Bertz CT molecular complexity index is 1050. The second kappa shape index (κ2) is 7.62. The topological polar surface area (TPSA) is 51.0 Å². The van der Waals surface area contributed by atoms with E-state index < -0.39 is 0 Å². The first-order valence-electron chi connectivity index (χ1n) is 8.78. The van der Waals surface area contributed by atoms with Crippen LogP contribution in [0.1, 0.15) is 16.0 Å². The molecule has 5 nitrogen and oxygen atoms in total. The van der Waals surface area contributed by atoms with Gasteiger partial charge in [-0.1, -0.05) is 23.5 Å². The summed E-state index contributed by atoms with van der Waals surface area (Å²) in [6, 6.07) is 10.1. The number of fused-ring (bicyclic) bond motifs is 1. The molecule has 0 aliphatic carbocycles. The van der Waals surface area contributed by atoms with Crippen molar-refractivity contribution in [2.75, 3.05) is 11.4 Å². The van der Waals surface area contributed by atoms with E-state index in [9.17, 15) is 4.79 Å². The summed E-state index contributed by atoms with van der Waals surface area (Å²) in [6.07, 6.45) is 4.06. The van der Waals surface area contributed by atoms with Crippen LogP contribution < -0.4 is 4.90 Å². The van der Waals surface area contributed by atoms with E-state index in [0.717, 1.165) is 25.8 Å². The molecule has 0 aliphatic heterocycles. The number of aryl methyl sites for hydroxylation is 2. The lowest BCUT2D eigenvalue weighted by molar-refractivity contribution is -0.118. The predicted octanol–water partition coefficient (Wildman–Crippen LogP) is 4.45. The van der Waals surface area contributed by atoms with Crippen LogP contribution >= 0.6 is 22.7 Å². The molecule has 0 saturated heterocycles. The Morgan fingerprint density at radius 2 is 2.15 bits per heavy atom. The first-order valence-corrected chi connectivity index (χ1v) is 10.5. The molecule has 1 aromatic carbocycles. The molecule has 0 N–H and O–H groups in total. The third kappa shape index (κ3) is 3.94. The molecule has 27 heavy (non-hydrogen) atoms. The molecule has 0 spiro atoms. The first kappa shape index (κ1) is 17.9. The average molecular weight is 397 g/mol. The highest BCUT2D eigenvalue weighted by atomic mass is 32.1. The van der Waals surface area contributed by atoms with Crippen molar-refractivity contribution in [1.82, 2.24) is 14.8 Å². The molecule has 7 heteroatoms. The van der Waals surface area contributed by atoms with Gasteiger partial charge in [0.1, 0.15) is 0 Å².